The third-order valence-electron chi connectivity index (χ3n) is 2.83. The molecule has 0 aliphatic carbocycles. The molecule has 0 spiro atoms. The van der Waals surface area contributed by atoms with Gasteiger partial charge in [-0.25, -0.2) is 4.39 Å². The molecular weight excluding hydrogens is 392 g/mol. The number of rotatable bonds is 4. The summed E-state index contributed by atoms with van der Waals surface area (Å²) < 4.78 is 19.5. The van der Waals surface area contributed by atoms with Crippen molar-refractivity contribution in [1.29, 1.82) is 5.26 Å². The standard InChI is InChI=1S/C18H11FINO/c1-2-8-22-18-7-6-13(10-17(18)20)9-15(12-21)14-4-3-5-16(19)11-14/h1,3-7,9-11H,8H2/b15-9-. The fourth-order valence-electron chi connectivity index (χ4n) is 1.85. The molecule has 0 amide bonds. The van der Waals surface area contributed by atoms with Crippen molar-refractivity contribution in [2.75, 3.05) is 6.61 Å². The van der Waals surface area contributed by atoms with Crippen LogP contribution in [0, 0.1) is 33.1 Å². The second-order valence-corrected chi connectivity index (χ2v) is 5.53. The quantitative estimate of drug-likeness (QED) is 0.326. The zero-order chi connectivity index (χ0) is 15.9. The van der Waals surface area contributed by atoms with E-state index in [1.807, 2.05) is 12.1 Å². The van der Waals surface area contributed by atoms with Crippen LogP contribution in [-0.4, -0.2) is 6.61 Å². The van der Waals surface area contributed by atoms with Crippen molar-refractivity contribution in [2.45, 2.75) is 0 Å². The lowest BCUT2D eigenvalue weighted by Crippen LogP contribution is -1.95. The number of halogens is 2. The third-order valence-corrected chi connectivity index (χ3v) is 3.68. The second-order valence-electron chi connectivity index (χ2n) is 4.36. The van der Waals surface area contributed by atoms with E-state index >= 15 is 0 Å². The van der Waals surface area contributed by atoms with E-state index in [2.05, 4.69) is 34.6 Å². The highest BCUT2D eigenvalue weighted by Crippen LogP contribution is 2.25. The van der Waals surface area contributed by atoms with E-state index in [0.717, 1.165) is 9.13 Å². The first-order valence-corrected chi connectivity index (χ1v) is 7.45. The molecule has 0 aliphatic heterocycles. The highest BCUT2D eigenvalue weighted by Gasteiger charge is 2.05. The number of benzene rings is 2. The molecular formula is C18H11FINO. The van der Waals surface area contributed by atoms with Crippen LogP contribution in [0.3, 0.4) is 0 Å². The number of allylic oxidation sites excluding steroid dienone is 1. The van der Waals surface area contributed by atoms with Gasteiger partial charge in [0.05, 0.1) is 15.2 Å². The second kappa shape index (κ2) is 7.63. The summed E-state index contributed by atoms with van der Waals surface area (Å²) in [5.41, 5.74) is 1.77. The molecule has 0 atom stereocenters. The Balaban J connectivity index is 2.33. The highest BCUT2D eigenvalue weighted by atomic mass is 127. The molecule has 4 heteroatoms. The number of hydrogen-bond donors (Lipinski definition) is 0. The van der Waals surface area contributed by atoms with Crippen molar-refractivity contribution in [1.82, 2.24) is 0 Å². The van der Waals surface area contributed by atoms with Gasteiger partial charge in [0.2, 0.25) is 0 Å². The monoisotopic (exact) mass is 403 g/mol. The molecule has 0 heterocycles. The normalized spacial score (nSPS) is 10.6. The maximum absolute atomic E-state index is 13.3. The number of nitrogens with zero attached hydrogens (tertiary/aromatic N) is 1. The minimum Gasteiger partial charge on any atom is -0.480 e. The van der Waals surface area contributed by atoms with Crippen LogP contribution in [0.5, 0.6) is 5.75 Å². The predicted molar refractivity (Wildman–Crippen MR) is 93.4 cm³/mol. The fourth-order valence-corrected chi connectivity index (χ4v) is 2.54. The Labute approximate surface area is 142 Å². The summed E-state index contributed by atoms with van der Waals surface area (Å²) in [7, 11) is 0. The summed E-state index contributed by atoms with van der Waals surface area (Å²) in [5.74, 6) is 2.74. The minimum absolute atomic E-state index is 0.206. The zero-order valence-electron chi connectivity index (χ0n) is 11.5. The van der Waals surface area contributed by atoms with Crippen LogP contribution in [0.4, 0.5) is 4.39 Å². The molecule has 0 bridgehead atoms. The SMILES string of the molecule is C#CCOc1ccc(/C=C(/C#N)c2cccc(F)c2)cc1I. The number of terminal acetylenes is 1. The smallest absolute Gasteiger partial charge is 0.148 e. The van der Waals surface area contributed by atoms with Crippen LogP contribution in [-0.2, 0) is 0 Å². The molecule has 2 aromatic carbocycles. The van der Waals surface area contributed by atoms with Gasteiger partial charge in [0.1, 0.15) is 18.2 Å². The van der Waals surface area contributed by atoms with Crippen molar-refractivity contribution in [2.24, 2.45) is 0 Å². The molecule has 0 radical (unpaired) electrons. The molecule has 2 aromatic rings. The maximum atomic E-state index is 13.3. The minimum atomic E-state index is -0.369. The van der Waals surface area contributed by atoms with Crippen LogP contribution in [0.15, 0.2) is 42.5 Å². The Bertz CT molecular complexity index is 799. The summed E-state index contributed by atoms with van der Waals surface area (Å²) in [5, 5.41) is 9.28. The number of nitriles is 1. The Morgan fingerprint density at radius 1 is 1.32 bits per heavy atom. The number of hydrogen-bond acceptors (Lipinski definition) is 2. The first kappa shape index (κ1) is 16.1. The van der Waals surface area contributed by atoms with Crippen LogP contribution >= 0.6 is 22.6 Å². The zero-order valence-corrected chi connectivity index (χ0v) is 13.7. The molecule has 2 rings (SSSR count). The molecule has 0 aliphatic rings. The van der Waals surface area contributed by atoms with Crippen LogP contribution in [0.1, 0.15) is 11.1 Å². The van der Waals surface area contributed by atoms with Crippen molar-refractivity contribution in [3.8, 4) is 24.2 Å². The van der Waals surface area contributed by atoms with Crippen molar-refractivity contribution < 1.29 is 9.13 Å². The van der Waals surface area contributed by atoms with E-state index in [1.54, 1.807) is 24.3 Å². The highest BCUT2D eigenvalue weighted by molar-refractivity contribution is 14.1. The van der Waals surface area contributed by atoms with Crippen LogP contribution < -0.4 is 4.74 Å². The summed E-state index contributed by atoms with van der Waals surface area (Å²) in [6, 6.07) is 13.6. The first-order chi connectivity index (χ1) is 10.6. The Hall–Kier alpha value is -2.31. The molecule has 0 unspecified atom stereocenters. The summed E-state index contributed by atoms with van der Waals surface area (Å²) in [4.78, 5) is 0. The Kier molecular flexibility index (Phi) is 5.57. The molecule has 2 nitrogen and oxygen atoms in total. The topological polar surface area (TPSA) is 33.0 Å². The van der Waals surface area contributed by atoms with E-state index in [1.165, 1.54) is 12.1 Å². The van der Waals surface area contributed by atoms with Gasteiger partial charge in [0, 0.05) is 0 Å². The molecule has 22 heavy (non-hydrogen) atoms. The average Bonchev–Trinajstić information content (AvgIpc) is 2.51. The molecule has 0 saturated carbocycles. The van der Waals surface area contributed by atoms with Gasteiger partial charge in [-0.2, -0.15) is 5.26 Å². The number of ether oxygens (including phenoxy) is 1. The summed E-state index contributed by atoms with van der Waals surface area (Å²) >= 11 is 2.14. The Morgan fingerprint density at radius 2 is 2.14 bits per heavy atom. The Morgan fingerprint density at radius 3 is 2.77 bits per heavy atom. The molecule has 0 N–H and O–H groups in total. The van der Waals surface area contributed by atoms with E-state index in [0.29, 0.717) is 16.9 Å². The van der Waals surface area contributed by atoms with Gasteiger partial charge in [0.15, 0.2) is 0 Å². The van der Waals surface area contributed by atoms with Gasteiger partial charge in [-0.3, -0.25) is 0 Å². The first-order valence-electron chi connectivity index (χ1n) is 6.37. The summed E-state index contributed by atoms with van der Waals surface area (Å²) in [6.07, 6.45) is 6.87. The van der Waals surface area contributed by atoms with E-state index in [-0.39, 0.29) is 12.4 Å². The van der Waals surface area contributed by atoms with Gasteiger partial charge >= 0.3 is 0 Å². The van der Waals surface area contributed by atoms with Gasteiger partial charge < -0.3 is 4.74 Å². The van der Waals surface area contributed by atoms with Crippen LogP contribution in [0.25, 0.3) is 11.6 Å². The van der Waals surface area contributed by atoms with Gasteiger partial charge in [-0.05, 0) is 64.1 Å². The molecule has 108 valence electrons. The lowest BCUT2D eigenvalue weighted by atomic mass is 10.0. The van der Waals surface area contributed by atoms with Crippen molar-refractivity contribution in [3.63, 3.8) is 0 Å². The van der Waals surface area contributed by atoms with E-state index in [4.69, 9.17) is 11.2 Å². The lowest BCUT2D eigenvalue weighted by Gasteiger charge is -2.06. The van der Waals surface area contributed by atoms with E-state index in [9.17, 15) is 9.65 Å². The van der Waals surface area contributed by atoms with Gasteiger partial charge in [0.25, 0.3) is 0 Å². The lowest BCUT2D eigenvalue weighted by molar-refractivity contribution is 0.368. The predicted octanol–water partition coefficient (Wildman–Crippen LogP) is 4.51. The van der Waals surface area contributed by atoms with Gasteiger partial charge in [-0.15, -0.1) is 6.42 Å². The molecule has 0 aromatic heterocycles. The molecule has 0 fully saturated rings. The fraction of sp³-hybridized carbons (Fsp3) is 0.0556. The van der Waals surface area contributed by atoms with E-state index < -0.39 is 0 Å². The largest absolute Gasteiger partial charge is 0.480 e. The van der Waals surface area contributed by atoms with Crippen LogP contribution in [0.2, 0.25) is 0 Å². The van der Waals surface area contributed by atoms with Gasteiger partial charge in [-0.1, -0.05) is 24.1 Å². The third kappa shape index (κ3) is 4.09. The molecule has 0 saturated heterocycles. The average molecular weight is 403 g/mol. The van der Waals surface area contributed by atoms with Crippen molar-refractivity contribution in [3.05, 3.63) is 63.0 Å². The summed E-state index contributed by atoms with van der Waals surface area (Å²) in [6.45, 7) is 0.206. The van der Waals surface area contributed by atoms with Crippen molar-refractivity contribution >= 4 is 34.2 Å². The maximum Gasteiger partial charge on any atom is 0.148 e.